The number of nitro benzene ring substituents is 1. The third-order valence-corrected chi connectivity index (χ3v) is 3.81. The van der Waals surface area contributed by atoms with E-state index < -0.39 is 22.7 Å². The van der Waals surface area contributed by atoms with E-state index >= 15 is 0 Å². The Balaban J connectivity index is 2.02. The number of hydrogen-bond acceptors (Lipinski definition) is 6. The minimum absolute atomic E-state index is 0.0522. The zero-order chi connectivity index (χ0) is 16.1. The number of carbonyl (C=O) groups is 2. The van der Waals surface area contributed by atoms with Crippen LogP contribution in [0.1, 0.15) is 16.4 Å². The van der Waals surface area contributed by atoms with Gasteiger partial charge in [-0.05, 0) is 29.1 Å². The number of carbonyl (C=O) groups excluding carboxylic acids is 2. The summed E-state index contributed by atoms with van der Waals surface area (Å²) in [6.45, 7) is -0.0913. The molecule has 1 amide bonds. The molecular formula is C14H12N2O5S. The molecule has 2 rings (SSSR count). The average Bonchev–Trinajstić information content (AvgIpc) is 2.99. The van der Waals surface area contributed by atoms with E-state index in [-0.39, 0.29) is 12.3 Å². The summed E-state index contributed by atoms with van der Waals surface area (Å²) >= 11 is 1.24. The number of rotatable bonds is 6. The molecule has 8 heteroatoms. The van der Waals surface area contributed by atoms with Crippen molar-refractivity contribution in [1.82, 2.24) is 0 Å². The molecule has 0 saturated heterocycles. The van der Waals surface area contributed by atoms with Gasteiger partial charge in [0.25, 0.3) is 5.69 Å². The molecule has 2 N–H and O–H groups in total. The van der Waals surface area contributed by atoms with E-state index in [4.69, 9.17) is 10.5 Å². The highest BCUT2D eigenvalue weighted by molar-refractivity contribution is 7.10. The predicted molar refractivity (Wildman–Crippen MR) is 79.1 cm³/mol. The molecule has 0 spiro atoms. The largest absolute Gasteiger partial charge is 0.460 e. The molecular weight excluding hydrogens is 308 g/mol. The summed E-state index contributed by atoms with van der Waals surface area (Å²) in [4.78, 5) is 34.0. The fraction of sp³-hybridized carbons (Fsp3) is 0.143. The van der Waals surface area contributed by atoms with Crippen molar-refractivity contribution in [2.45, 2.75) is 12.5 Å². The summed E-state index contributed by atoms with van der Waals surface area (Å²) < 4.78 is 5.07. The average molecular weight is 320 g/mol. The Morgan fingerprint density at radius 1 is 1.27 bits per heavy atom. The van der Waals surface area contributed by atoms with Crippen LogP contribution >= 0.6 is 11.3 Å². The minimum atomic E-state index is -1.14. The molecule has 1 atom stereocenters. The first kappa shape index (κ1) is 15.6. The summed E-state index contributed by atoms with van der Waals surface area (Å²) in [6.07, 6.45) is 0. The molecule has 7 nitrogen and oxygen atoms in total. The van der Waals surface area contributed by atoms with Crippen LogP contribution in [0.25, 0.3) is 0 Å². The molecule has 22 heavy (non-hydrogen) atoms. The number of nitrogens with zero attached hydrogens (tertiary/aromatic N) is 1. The third-order valence-electron chi connectivity index (χ3n) is 2.88. The summed E-state index contributed by atoms with van der Waals surface area (Å²) in [5, 5.41) is 12.3. The van der Waals surface area contributed by atoms with Gasteiger partial charge < -0.3 is 10.5 Å². The molecule has 0 radical (unpaired) electrons. The topological polar surface area (TPSA) is 113 Å². The lowest BCUT2D eigenvalue weighted by Gasteiger charge is -2.11. The van der Waals surface area contributed by atoms with E-state index in [1.54, 1.807) is 17.5 Å². The Morgan fingerprint density at radius 2 is 1.95 bits per heavy atom. The lowest BCUT2D eigenvalue weighted by Crippen LogP contribution is -2.29. The predicted octanol–water partition coefficient (Wildman–Crippen LogP) is 1.97. The molecule has 1 heterocycles. The summed E-state index contributed by atoms with van der Waals surface area (Å²) in [7, 11) is 0. The normalized spacial score (nSPS) is 11.6. The number of esters is 1. The van der Waals surface area contributed by atoms with Crippen LogP contribution < -0.4 is 5.73 Å². The standard InChI is InChI=1S/C14H12N2O5S/c15-13(17)12(11-2-1-7-22-11)14(18)21-8-9-3-5-10(6-4-9)16(19)20/h1-7,12H,8H2,(H2,15,17). The number of benzene rings is 1. The number of primary amides is 1. The van der Waals surface area contributed by atoms with Gasteiger partial charge in [0.2, 0.25) is 5.91 Å². The second kappa shape index (κ2) is 6.81. The number of non-ortho nitro benzene ring substituents is 1. The van der Waals surface area contributed by atoms with Gasteiger partial charge in [0.15, 0.2) is 5.92 Å². The van der Waals surface area contributed by atoms with Crippen molar-refractivity contribution >= 4 is 28.9 Å². The zero-order valence-corrected chi connectivity index (χ0v) is 12.1. The highest BCUT2D eigenvalue weighted by Gasteiger charge is 2.29. The fourth-order valence-electron chi connectivity index (χ4n) is 1.78. The zero-order valence-electron chi connectivity index (χ0n) is 11.3. The highest BCUT2D eigenvalue weighted by Crippen LogP contribution is 2.23. The first-order valence-corrected chi connectivity index (χ1v) is 7.09. The lowest BCUT2D eigenvalue weighted by atomic mass is 10.1. The van der Waals surface area contributed by atoms with Crippen molar-refractivity contribution in [3.05, 3.63) is 62.3 Å². The van der Waals surface area contributed by atoms with Gasteiger partial charge in [0.05, 0.1) is 4.92 Å². The van der Waals surface area contributed by atoms with E-state index in [0.29, 0.717) is 10.4 Å². The van der Waals surface area contributed by atoms with Crippen LogP contribution in [0.4, 0.5) is 5.69 Å². The second-order valence-corrected chi connectivity index (χ2v) is 5.36. The van der Waals surface area contributed by atoms with Crippen molar-refractivity contribution < 1.29 is 19.2 Å². The van der Waals surface area contributed by atoms with Gasteiger partial charge in [-0.25, -0.2) is 0 Å². The first-order valence-electron chi connectivity index (χ1n) is 6.21. The number of nitrogens with two attached hydrogens (primary N) is 1. The SMILES string of the molecule is NC(=O)C(C(=O)OCc1ccc([N+](=O)[O-])cc1)c1cccs1. The molecule has 0 saturated carbocycles. The maximum absolute atomic E-state index is 12.0. The van der Waals surface area contributed by atoms with Crippen molar-refractivity contribution in [2.24, 2.45) is 5.73 Å². The van der Waals surface area contributed by atoms with E-state index in [0.717, 1.165) is 0 Å². The van der Waals surface area contributed by atoms with Gasteiger partial charge in [0.1, 0.15) is 6.61 Å². The number of ether oxygens (including phenoxy) is 1. The van der Waals surface area contributed by atoms with Crippen molar-refractivity contribution in [2.75, 3.05) is 0 Å². The second-order valence-electron chi connectivity index (χ2n) is 4.38. The highest BCUT2D eigenvalue weighted by atomic mass is 32.1. The smallest absolute Gasteiger partial charge is 0.324 e. The molecule has 0 aliphatic rings. The Hall–Kier alpha value is -2.74. The molecule has 0 aliphatic heterocycles. The van der Waals surface area contributed by atoms with Crippen LogP contribution in [0.15, 0.2) is 41.8 Å². The number of thiophene rings is 1. The summed E-state index contributed by atoms with van der Waals surface area (Å²) in [6, 6.07) is 8.93. The maximum atomic E-state index is 12.0. The Morgan fingerprint density at radius 3 is 2.45 bits per heavy atom. The molecule has 0 bridgehead atoms. The molecule has 114 valence electrons. The van der Waals surface area contributed by atoms with E-state index in [1.165, 1.54) is 35.6 Å². The van der Waals surface area contributed by atoms with Crippen LogP contribution in [0.2, 0.25) is 0 Å². The maximum Gasteiger partial charge on any atom is 0.324 e. The lowest BCUT2D eigenvalue weighted by molar-refractivity contribution is -0.384. The summed E-state index contributed by atoms with van der Waals surface area (Å²) in [5.41, 5.74) is 5.77. The van der Waals surface area contributed by atoms with Crippen molar-refractivity contribution in [1.29, 1.82) is 0 Å². The van der Waals surface area contributed by atoms with Gasteiger partial charge in [-0.2, -0.15) is 0 Å². The minimum Gasteiger partial charge on any atom is -0.460 e. The van der Waals surface area contributed by atoms with Crippen molar-refractivity contribution in [3.8, 4) is 0 Å². The first-order chi connectivity index (χ1) is 10.5. The van der Waals surface area contributed by atoms with Gasteiger partial charge in [0, 0.05) is 17.0 Å². The van der Waals surface area contributed by atoms with Gasteiger partial charge in [-0.1, -0.05) is 6.07 Å². The number of nitro groups is 1. The van der Waals surface area contributed by atoms with Crippen LogP contribution in [0.5, 0.6) is 0 Å². The Labute approximate surface area is 129 Å². The van der Waals surface area contributed by atoms with E-state index in [1.807, 2.05) is 0 Å². The summed E-state index contributed by atoms with van der Waals surface area (Å²) in [5.74, 6) is -2.66. The molecule has 1 aromatic heterocycles. The van der Waals surface area contributed by atoms with Crippen LogP contribution in [-0.2, 0) is 20.9 Å². The van der Waals surface area contributed by atoms with Crippen LogP contribution in [0.3, 0.4) is 0 Å². The molecule has 1 unspecified atom stereocenters. The molecule has 0 aliphatic carbocycles. The van der Waals surface area contributed by atoms with E-state index in [9.17, 15) is 19.7 Å². The number of hydrogen-bond donors (Lipinski definition) is 1. The quantitative estimate of drug-likeness (QED) is 0.378. The third kappa shape index (κ3) is 3.67. The van der Waals surface area contributed by atoms with Crippen LogP contribution in [-0.4, -0.2) is 16.8 Å². The van der Waals surface area contributed by atoms with Gasteiger partial charge in [-0.3, -0.25) is 19.7 Å². The fourth-order valence-corrected chi connectivity index (χ4v) is 2.60. The van der Waals surface area contributed by atoms with Gasteiger partial charge >= 0.3 is 5.97 Å². The van der Waals surface area contributed by atoms with E-state index in [2.05, 4.69) is 0 Å². The molecule has 1 aromatic carbocycles. The monoisotopic (exact) mass is 320 g/mol. The van der Waals surface area contributed by atoms with Gasteiger partial charge in [-0.15, -0.1) is 11.3 Å². The molecule has 2 aromatic rings. The molecule has 0 fully saturated rings. The number of amides is 1. The Bertz CT molecular complexity index is 682. The van der Waals surface area contributed by atoms with Crippen LogP contribution in [0, 0.1) is 10.1 Å². The Kier molecular flexibility index (Phi) is 4.84. The van der Waals surface area contributed by atoms with Crippen molar-refractivity contribution in [3.63, 3.8) is 0 Å².